The highest BCUT2D eigenvalue weighted by Crippen LogP contribution is 2.53. The molecule has 0 radical (unpaired) electrons. The van der Waals surface area contributed by atoms with Gasteiger partial charge in [-0.3, -0.25) is 9.59 Å². The van der Waals surface area contributed by atoms with Gasteiger partial charge in [0.2, 0.25) is 5.91 Å². The molecular formula is C28H39N3O4. The fourth-order valence-electron chi connectivity index (χ4n) is 5.43. The molecule has 2 fully saturated rings. The molecule has 0 aromatic carbocycles. The molecule has 0 bridgehead atoms. The Balaban J connectivity index is 1.51. The Bertz CT molecular complexity index is 1070. The van der Waals surface area contributed by atoms with E-state index in [0.29, 0.717) is 35.4 Å². The number of carboxylic acid groups (broad SMARTS) is 1. The lowest BCUT2D eigenvalue weighted by atomic mass is 9.66. The molecule has 190 valence electrons. The number of carboxylic acids is 1. The SMILES string of the molecule is Cc1ccc(NC(=O)C[C@H](CCC(=O)O)c2noc(C3CC(CC(C)(C)C)C3)c2C2CC2)nc1C. The number of aryl methyl sites for hydroxylation is 2. The molecular weight excluding hydrogens is 442 g/mol. The average molecular weight is 482 g/mol. The maximum absolute atomic E-state index is 13.0. The summed E-state index contributed by atoms with van der Waals surface area (Å²) < 4.78 is 5.95. The van der Waals surface area contributed by atoms with Gasteiger partial charge in [-0.05, 0) is 81.3 Å². The monoisotopic (exact) mass is 481 g/mol. The van der Waals surface area contributed by atoms with E-state index in [1.165, 1.54) is 6.42 Å². The summed E-state index contributed by atoms with van der Waals surface area (Å²) >= 11 is 0. The van der Waals surface area contributed by atoms with E-state index in [1.807, 2.05) is 19.9 Å². The van der Waals surface area contributed by atoms with E-state index in [4.69, 9.17) is 4.52 Å². The van der Waals surface area contributed by atoms with E-state index in [0.717, 1.165) is 54.0 Å². The number of hydrogen-bond donors (Lipinski definition) is 2. The minimum Gasteiger partial charge on any atom is -0.481 e. The zero-order valence-corrected chi connectivity index (χ0v) is 21.7. The van der Waals surface area contributed by atoms with Crippen LogP contribution < -0.4 is 5.32 Å². The third kappa shape index (κ3) is 6.50. The Morgan fingerprint density at radius 3 is 2.49 bits per heavy atom. The molecule has 0 unspecified atom stereocenters. The molecule has 4 rings (SSSR count). The molecule has 1 atom stereocenters. The summed E-state index contributed by atoms with van der Waals surface area (Å²) in [6.07, 6.45) is 6.14. The predicted molar refractivity (Wildman–Crippen MR) is 135 cm³/mol. The number of pyridine rings is 1. The van der Waals surface area contributed by atoms with Crippen LogP contribution in [-0.2, 0) is 9.59 Å². The van der Waals surface area contributed by atoms with Crippen LogP contribution in [0.25, 0.3) is 0 Å². The Hall–Kier alpha value is -2.70. The lowest BCUT2D eigenvalue weighted by molar-refractivity contribution is -0.137. The van der Waals surface area contributed by atoms with E-state index in [9.17, 15) is 14.7 Å². The second-order valence-corrected chi connectivity index (χ2v) is 11.9. The number of nitrogens with one attached hydrogen (secondary N) is 1. The Kier molecular flexibility index (Phi) is 7.34. The molecule has 35 heavy (non-hydrogen) atoms. The van der Waals surface area contributed by atoms with E-state index in [-0.39, 0.29) is 24.7 Å². The highest BCUT2D eigenvalue weighted by atomic mass is 16.5. The van der Waals surface area contributed by atoms with Crippen LogP contribution in [0.15, 0.2) is 16.7 Å². The summed E-state index contributed by atoms with van der Waals surface area (Å²) in [6.45, 7) is 10.7. The molecule has 7 heteroatoms. The lowest BCUT2D eigenvalue weighted by Gasteiger charge is -2.38. The van der Waals surface area contributed by atoms with Gasteiger partial charge in [-0.15, -0.1) is 0 Å². The molecule has 0 aliphatic heterocycles. The molecule has 2 aliphatic carbocycles. The molecule has 2 saturated carbocycles. The average Bonchev–Trinajstić information content (AvgIpc) is 3.48. The van der Waals surface area contributed by atoms with Gasteiger partial charge in [0, 0.05) is 35.9 Å². The van der Waals surface area contributed by atoms with E-state index >= 15 is 0 Å². The van der Waals surface area contributed by atoms with Crippen LogP contribution in [-0.4, -0.2) is 27.1 Å². The number of hydrogen-bond acceptors (Lipinski definition) is 5. The van der Waals surface area contributed by atoms with E-state index < -0.39 is 5.97 Å². The van der Waals surface area contributed by atoms with Crippen LogP contribution in [0.1, 0.15) is 118 Å². The topological polar surface area (TPSA) is 105 Å². The van der Waals surface area contributed by atoms with Crippen LogP contribution in [0.5, 0.6) is 0 Å². The van der Waals surface area contributed by atoms with Gasteiger partial charge in [0.05, 0.1) is 5.69 Å². The molecule has 0 spiro atoms. The Morgan fingerprint density at radius 1 is 1.17 bits per heavy atom. The molecule has 0 saturated heterocycles. The fraction of sp³-hybridized carbons (Fsp3) is 0.643. The zero-order chi connectivity index (χ0) is 25.3. The Morgan fingerprint density at radius 2 is 1.89 bits per heavy atom. The second kappa shape index (κ2) is 10.1. The summed E-state index contributed by atoms with van der Waals surface area (Å²) in [6, 6.07) is 3.72. The highest BCUT2D eigenvalue weighted by Gasteiger charge is 2.42. The Labute approximate surface area is 208 Å². The van der Waals surface area contributed by atoms with Crippen LogP contribution in [0.3, 0.4) is 0 Å². The van der Waals surface area contributed by atoms with E-state index in [2.05, 4.69) is 36.2 Å². The van der Waals surface area contributed by atoms with Crippen molar-refractivity contribution in [2.45, 2.75) is 104 Å². The molecule has 7 nitrogen and oxygen atoms in total. The summed E-state index contributed by atoms with van der Waals surface area (Å²) in [5.74, 6) is 1.67. The van der Waals surface area contributed by atoms with Crippen molar-refractivity contribution in [3.05, 3.63) is 40.4 Å². The first-order chi connectivity index (χ1) is 16.5. The van der Waals surface area contributed by atoms with Crippen molar-refractivity contribution in [1.82, 2.24) is 10.1 Å². The largest absolute Gasteiger partial charge is 0.481 e. The third-order valence-corrected chi connectivity index (χ3v) is 7.42. The van der Waals surface area contributed by atoms with Crippen molar-refractivity contribution in [3.63, 3.8) is 0 Å². The van der Waals surface area contributed by atoms with Gasteiger partial charge >= 0.3 is 5.97 Å². The first-order valence-corrected chi connectivity index (χ1v) is 13.0. The van der Waals surface area contributed by atoms with Crippen molar-refractivity contribution in [1.29, 1.82) is 0 Å². The zero-order valence-electron chi connectivity index (χ0n) is 21.7. The molecule has 1 amide bonds. The fourth-order valence-corrected chi connectivity index (χ4v) is 5.43. The van der Waals surface area contributed by atoms with Gasteiger partial charge in [0.1, 0.15) is 11.6 Å². The van der Waals surface area contributed by atoms with Crippen molar-refractivity contribution >= 4 is 17.7 Å². The maximum atomic E-state index is 13.0. The number of carbonyl (C=O) groups excluding carboxylic acids is 1. The van der Waals surface area contributed by atoms with Crippen molar-refractivity contribution in [3.8, 4) is 0 Å². The second-order valence-electron chi connectivity index (χ2n) is 11.9. The van der Waals surface area contributed by atoms with Gasteiger partial charge in [-0.25, -0.2) is 4.98 Å². The molecule has 2 aromatic heterocycles. The minimum atomic E-state index is -0.869. The first kappa shape index (κ1) is 25.4. The van der Waals surface area contributed by atoms with Crippen molar-refractivity contribution < 1.29 is 19.2 Å². The molecule has 2 aromatic rings. The lowest BCUT2D eigenvalue weighted by Crippen LogP contribution is -2.26. The number of aliphatic carboxylic acids is 1. The number of anilines is 1. The first-order valence-electron chi connectivity index (χ1n) is 13.0. The summed E-state index contributed by atoms with van der Waals surface area (Å²) in [7, 11) is 0. The maximum Gasteiger partial charge on any atom is 0.303 e. The molecule has 2 heterocycles. The molecule has 2 N–H and O–H groups in total. The standard InChI is InChI=1S/C28H39N3O4/c1-16-6-10-22(29-17(16)2)30-23(32)14-20(9-11-24(33)34)26-25(19-7-8-19)27(35-31-26)21-12-18(13-21)15-28(3,4)5/h6,10,18-21H,7-9,11-15H2,1-5H3,(H,33,34)(H,29,30,32)/t18?,20-,21?/m0/s1. The van der Waals surface area contributed by atoms with Gasteiger partial charge in [-0.1, -0.05) is 32.0 Å². The van der Waals surface area contributed by atoms with Crippen LogP contribution >= 0.6 is 0 Å². The van der Waals surface area contributed by atoms with Gasteiger partial charge < -0.3 is 14.9 Å². The minimum absolute atomic E-state index is 0.0107. The van der Waals surface area contributed by atoms with Crippen LogP contribution in [0.4, 0.5) is 5.82 Å². The van der Waals surface area contributed by atoms with Gasteiger partial charge in [-0.2, -0.15) is 0 Å². The predicted octanol–water partition coefficient (Wildman–Crippen LogP) is 6.47. The van der Waals surface area contributed by atoms with Crippen LogP contribution in [0.2, 0.25) is 0 Å². The summed E-state index contributed by atoms with van der Waals surface area (Å²) in [5.41, 5.74) is 4.21. The summed E-state index contributed by atoms with van der Waals surface area (Å²) in [5, 5.41) is 16.7. The van der Waals surface area contributed by atoms with E-state index in [1.54, 1.807) is 6.07 Å². The third-order valence-electron chi connectivity index (χ3n) is 7.42. The van der Waals surface area contributed by atoms with Crippen molar-refractivity contribution in [2.75, 3.05) is 5.32 Å². The normalized spacial score (nSPS) is 20.8. The number of amides is 1. The number of rotatable bonds is 10. The highest BCUT2D eigenvalue weighted by molar-refractivity contribution is 5.90. The molecule has 2 aliphatic rings. The number of nitrogens with zero attached hydrogens (tertiary/aromatic N) is 2. The van der Waals surface area contributed by atoms with Gasteiger partial charge in [0.25, 0.3) is 0 Å². The smallest absolute Gasteiger partial charge is 0.303 e. The van der Waals surface area contributed by atoms with Crippen molar-refractivity contribution in [2.24, 2.45) is 11.3 Å². The number of aromatic nitrogens is 2. The summed E-state index contributed by atoms with van der Waals surface area (Å²) in [4.78, 5) is 28.8. The van der Waals surface area contributed by atoms with Gasteiger partial charge in [0.15, 0.2) is 0 Å². The number of carbonyl (C=O) groups is 2. The quantitative estimate of drug-likeness (QED) is 0.403. The van der Waals surface area contributed by atoms with Crippen LogP contribution in [0, 0.1) is 25.2 Å².